The van der Waals surface area contributed by atoms with Crippen LogP contribution in [0.5, 0.6) is 0 Å². The molecule has 2 N–H and O–H groups in total. The molecular formula is C13H23N3. The first-order valence-corrected chi connectivity index (χ1v) is 6.51. The molecule has 90 valence electrons. The summed E-state index contributed by atoms with van der Waals surface area (Å²) in [7, 11) is 2.04. The van der Waals surface area contributed by atoms with Crippen LogP contribution in [0.25, 0.3) is 0 Å². The van der Waals surface area contributed by atoms with Crippen molar-refractivity contribution in [2.24, 2.45) is 11.8 Å². The minimum atomic E-state index is 0.410. The van der Waals surface area contributed by atoms with E-state index in [-0.39, 0.29) is 0 Å². The number of nitrogens with one attached hydrogen (secondary N) is 2. The van der Waals surface area contributed by atoms with Crippen LogP contribution < -0.4 is 5.32 Å². The number of aromatic amines is 1. The average Bonchev–Trinajstić information content (AvgIpc) is 2.85. The second-order valence-electron chi connectivity index (χ2n) is 4.93. The summed E-state index contributed by atoms with van der Waals surface area (Å²) in [6.07, 6.45) is 10.6. The van der Waals surface area contributed by atoms with Crippen molar-refractivity contribution in [2.45, 2.75) is 45.1 Å². The molecule has 3 nitrogen and oxygen atoms in total. The lowest BCUT2D eigenvalue weighted by molar-refractivity contribution is 0.220. The zero-order chi connectivity index (χ0) is 11.4. The first kappa shape index (κ1) is 11.6. The highest BCUT2D eigenvalue weighted by atomic mass is 15.0. The lowest BCUT2D eigenvalue weighted by Gasteiger charge is -2.32. The number of imidazole rings is 1. The van der Waals surface area contributed by atoms with Crippen LogP contribution in [0, 0.1) is 11.8 Å². The summed E-state index contributed by atoms with van der Waals surface area (Å²) in [6, 6.07) is 0.410. The number of nitrogens with zero attached hydrogens (tertiary/aromatic N) is 1. The molecule has 1 aromatic heterocycles. The molecule has 3 heteroatoms. The van der Waals surface area contributed by atoms with Crippen LogP contribution in [0.1, 0.15) is 50.9 Å². The fraction of sp³-hybridized carbons (Fsp3) is 0.769. The van der Waals surface area contributed by atoms with Crippen molar-refractivity contribution in [1.29, 1.82) is 0 Å². The van der Waals surface area contributed by atoms with Crippen LogP contribution in [-0.4, -0.2) is 17.0 Å². The van der Waals surface area contributed by atoms with E-state index in [9.17, 15) is 0 Å². The summed E-state index contributed by atoms with van der Waals surface area (Å²) in [6.45, 7) is 2.31. The van der Waals surface area contributed by atoms with Gasteiger partial charge in [-0.3, -0.25) is 0 Å². The molecule has 1 heterocycles. The minimum absolute atomic E-state index is 0.410. The van der Waals surface area contributed by atoms with Gasteiger partial charge in [0.15, 0.2) is 0 Å². The zero-order valence-corrected chi connectivity index (χ0v) is 10.4. The third-order valence-corrected chi connectivity index (χ3v) is 4.07. The molecule has 0 spiro atoms. The van der Waals surface area contributed by atoms with Crippen molar-refractivity contribution in [3.63, 3.8) is 0 Å². The normalized spacial score (nSPS) is 27.9. The summed E-state index contributed by atoms with van der Waals surface area (Å²) < 4.78 is 0. The highest BCUT2D eigenvalue weighted by molar-refractivity contribution is 4.98. The number of hydrogen-bond acceptors (Lipinski definition) is 2. The Bertz CT molecular complexity index is 286. The topological polar surface area (TPSA) is 40.7 Å². The molecule has 16 heavy (non-hydrogen) atoms. The second kappa shape index (κ2) is 5.48. The molecule has 1 aliphatic rings. The van der Waals surface area contributed by atoms with Crippen LogP contribution in [0.3, 0.4) is 0 Å². The van der Waals surface area contributed by atoms with E-state index in [1.807, 2.05) is 19.4 Å². The predicted octanol–water partition coefficient (Wildman–Crippen LogP) is 2.89. The van der Waals surface area contributed by atoms with Crippen molar-refractivity contribution in [3.05, 3.63) is 18.2 Å². The summed E-state index contributed by atoms with van der Waals surface area (Å²) in [5.74, 6) is 2.81. The third kappa shape index (κ3) is 2.46. The molecule has 0 radical (unpaired) electrons. The Labute approximate surface area is 98.1 Å². The van der Waals surface area contributed by atoms with Crippen molar-refractivity contribution < 1.29 is 0 Å². The van der Waals surface area contributed by atoms with E-state index >= 15 is 0 Å². The highest BCUT2D eigenvalue weighted by Gasteiger charge is 2.28. The fourth-order valence-corrected chi connectivity index (χ4v) is 2.97. The summed E-state index contributed by atoms with van der Waals surface area (Å²) in [5, 5.41) is 3.41. The van der Waals surface area contributed by atoms with Crippen molar-refractivity contribution in [2.75, 3.05) is 7.05 Å². The first-order valence-electron chi connectivity index (χ1n) is 6.51. The van der Waals surface area contributed by atoms with E-state index in [0.29, 0.717) is 6.04 Å². The molecule has 2 rings (SSSR count). The molecule has 1 aliphatic carbocycles. The average molecular weight is 221 g/mol. The van der Waals surface area contributed by atoms with Gasteiger partial charge in [-0.05, 0) is 31.7 Å². The summed E-state index contributed by atoms with van der Waals surface area (Å²) >= 11 is 0. The largest absolute Gasteiger partial charge is 0.347 e. The fourth-order valence-electron chi connectivity index (χ4n) is 2.97. The van der Waals surface area contributed by atoms with Gasteiger partial charge in [-0.25, -0.2) is 4.98 Å². The molecule has 1 aromatic rings. The van der Waals surface area contributed by atoms with Crippen LogP contribution in [0.4, 0.5) is 0 Å². The maximum Gasteiger partial charge on any atom is 0.123 e. The van der Waals surface area contributed by atoms with E-state index in [4.69, 9.17) is 0 Å². The predicted molar refractivity (Wildman–Crippen MR) is 66.1 cm³/mol. The Morgan fingerprint density at radius 3 is 2.69 bits per heavy atom. The quantitative estimate of drug-likeness (QED) is 0.820. The van der Waals surface area contributed by atoms with E-state index < -0.39 is 0 Å². The van der Waals surface area contributed by atoms with Crippen LogP contribution >= 0.6 is 0 Å². The van der Waals surface area contributed by atoms with Gasteiger partial charge in [-0.15, -0.1) is 0 Å². The van der Waals surface area contributed by atoms with Crippen molar-refractivity contribution in [1.82, 2.24) is 15.3 Å². The Kier molecular flexibility index (Phi) is 3.99. The Hall–Kier alpha value is -0.830. The highest BCUT2D eigenvalue weighted by Crippen LogP contribution is 2.36. The maximum absolute atomic E-state index is 4.38. The van der Waals surface area contributed by atoms with E-state index in [0.717, 1.165) is 17.7 Å². The zero-order valence-electron chi connectivity index (χ0n) is 10.4. The molecule has 0 aliphatic heterocycles. The number of hydrogen-bond donors (Lipinski definition) is 2. The van der Waals surface area contributed by atoms with Crippen LogP contribution in [-0.2, 0) is 0 Å². The van der Waals surface area contributed by atoms with Gasteiger partial charge in [0.1, 0.15) is 5.82 Å². The lowest BCUT2D eigenvalue weighted by Crippen LogP contribution is -2.29. The van der Waals surface area contributed by atoms with E-state index in [1.54, 1.807) is 0 Å². The molecule has 0 saturated heterocycles. The standard InChI is InChI=1S/C13H23N3/c1-3-10-4-6-11(7-5-10)12(14-2)13-15-8-9-16-13/h8-12,14H,3-7H2,1-2H3,(H,15,16). The second-order valence-corrected chi connectivity index (χ2v) is 4.93. The monoisotopic (exact) mass is 221 g/mol. The van der Waals surface area contributed by atoms with Gasteiger partial charge in [0.25, 0.3) is 0 Å². The van der Waals surface area contributed by atoms with Gasteiger partial charge in [-0.1, -0.05) is 26.2 Å². The molecule has 1 atom stereocenters. The number of aromatic nitrogens is 2. The van der Waals surface area contributed by atoms with Crippen molar-refractivity contribution >= 4 is 0 Å². The van der Waals surface area contributed by atoms with E-state index in [2.05, 4.69) is 22.2 Å². The first-order chi connectivity index (χ1) is 7.85. The van der Waals surface area contributed by atoms with Gasteiger partial charge >= 0.3 is 0 Å². The van der Waals surface area contributed by atoms with Crippen LogP contribution in [0.2, 0.25) is 0 Å². The van der Waals surface area contributed by atoms with Gasteiger partial charge in [0.05, 0.1) is 6.04 Å². The Morgan fingerprint density at radius 2 is 2.19 bits per heavy atom. The number of H-pyrrole nitrogens is 1. The molecule has 0 amide bonds. The third-order valence-electron chi connectivity index (χ3n) is 4.07. The maximum atomic E-state index is 4.38. The smallest absolute Gasteiger partial charge is 0.123 e. The molecule has 0 bridgehead atoms. The van der Waals surface area contributed by atoms with Crippen LogP contribution in [0.15, 0.2) is 12.4 Å². The van der Waals surface area contributed by atoms with E-state index in [1.165, 1.54) is 32.1 Å². The van der Waals surface area contributed by atoms with Gasteiger partial charge in [0, 0.05) is 12.4 Å². The minimum Gasteiger partial charge on any atom is -0.347 e. The summed E-state index contributed by atoms with van der Waals surface area (Å²) in [4.78, 5) is 7.62. The van der Waals surface area contributed by atoms with Gasteiger partial charge < -0.3 is 10.3 Å². The lowest BCUT2D eigenvalue weighted by atomic mass is 9.77. The molecule has 1 fully saturated rings. The Morgan fingerprint density at radius 1 is 1.44 bits per heavy atom. The summed E-state index contributed by atoms with van der Waals surface area (Å²) in [5.41, 5.74) is 0. The van der Waals surface area contributed by atoms with Gasteiger partial charge in [0.2, 0.25) is 0 Å². The SMILES string of the molecule is CCC1CCC(C(NC)c2ncc[nH]2)CC1. The molecular weight excluding hydrogens is 198 g/mol. The van der Waals surface area contributed by atoms with Crippen molar-refractivity contribution in [3.8, 4) is 0 Å². The van der Waals surface area contributed by atoms with Gasteiger partial charge in [-0.2, -0.15) is 0 Å². The number of rotatable bonds is 4. The molecule has 0 aromatic carbocycles. The molecule has 1 unspecified atom stereocenters. The molecule has 1 saturated carbocycles. The Balaban J connectivity index is 1.96.